The van der Waals surface area contributed by atoms with Crippen molar-refractivity contribution in [2.24, 2.45) is 0 Å². The Hall–Kier alpha value is -2.26. The summed E-state index contributed by atoms with van der Waals surface area (Å²) < 4.78 is 2.13. The molecule has 3 heterocycles. The summed E-state index contributed by atoms with van der Waals surface area (Å²) in [4.78, 5) is 26.4. The Morgan fingerprint density at radius 2 is 1.74 bits per heavy atom. The number of fused-ring (bicyclic) bond motifs is 1. The number of nitrogens with zero attached hydrogens (tertiary/aromatic N) is 4. The van der Waals surface area contributed by atoms with Crippen LogP contribution >= 0.6 is 34.4 Å². The van der Waals surface area contributed by atoms with Gasteiger partial charge in [0.1, 0.15) is 5.01 Å². The molecule has 0 bridgehead atoms. The van der Waals surface area contributed by atoms with Gasteiger partial charge in [-0.3, -0.25) is 9.69 Å². The second-order valence-electron chi connectivity index (χ2n) is 7.39. The van der Waals surface area contributed by atoms with Gasteiger partial charge < -0.3 is 4.90 Å². The van der Waals surface area contributed by atoms with Crippen LogP contribution in [0.1, 0.15) is 5.01 Å². The lowest BCUT2D eigenvalue weighted by molar-refractivity contribution is -0.130. The molecule has 0 unspecified atom stereocenters. The Morgan fingerprint density at radius 3 is 2.55 bits per heavy atom. The third-order valence-electron chi connectivity index (χ3n) is 5.30. The molecule has 8 heteroatoms. The van der Waals surface area contributed by atoms with Crippen molar-refractivity contribution in [2.45, 2.75) is 10.9 Å². The molecule has 0 saturated carbocycles. The van der Waals surface area contributed by atoms with Crippen LogP contribution in [-0.2, 0) is 11.3 Å². The number of thiazole rings is 2. The van der Waals surface area contributed by atoms with Crippen LogP contribution in [0.25, 0.3) is 21.5 Å². The van der Waals surface area contributed by atoms with Gasteiger partial charge in [-0.2, -0.15) is 0 Å². The zero-order valence-electron chi connectivity index (χ0n) is 16.9. The minimum atomic E-state index is 0.199. The van der Waals surface area contributed by atoms with Crippen molar-refractivity contribution >= 4 is 50.6 Å². The van der Waals surface area contributed by atoms with Crippen molar-refractivity contribution in [3.63, 3.8) is 0 Å². The topological polar surface area (TPSA) is 49.3 Å². The molecule has 0 radical (unpaired) electrons. The number of benzene rings is 2. The predicted octanol–water partition coefficient (Wildman–Crippen LogP) is 4.86. The summed E-state index contributed by atoms with van der Waals surface area (Å²) in [7, 11) is 0. The summed E-state index contributed by atoms with van der Waals surface area (Å²) in [6, 6.07) is 18.4. The predicted molar refractivity (Wildman–Crippen MR) is 130 cm³/mol. The standard InChI is InChI=1S/C23H22N4OS3/c28-22(16-30-23-25-18-8-4-5-9-20(18)31-23)27-12-10-26(11-13-27)14-21-24-19(15-29-21)17-6-2-1-3-7-17/h1-9,15H,10-14,16H2. The van der Waals surface area contributed by atoms with Gasteiger partial charge in [0, 0.05) is 37.1 Å². The maximum absolute atomic E-state index is 12.7. The maximum Gasteiger partial charge on any atom is 0.233 e. The Balaban J connectivity index is 1.10. The molecule has 1 aliphatic heterocycles. The molecule has 1 aliphatic rings. The third kappa shape index (κ3) is 4.98. The van der Waals surface area contributed by atoms with Gasteiger partial charge in [-0.05, 0) is 12.1 Å². The van der Waals surface area contributed by atoms with E-state index in [9.17, 15) is 4.79 Å². The van der Waals surface area contributed by atoms with Gasteiger partial charge in [-0.1, -0.05) is 54.2 Å². The van der Waals surface area contributed by atoms with E-state index in [1.54, 1.807) is 34.4 Å². The number of carbonyl (C=O) groups is 1. The molecule has 1 amide bonds. The van der Waals surface area contributed by atoms with Crippen molar-refractivity contribution in [1.29, 1.82) is 0 Å². The van der Waals surface area contributed by atoms with Gasteiger partial charge >= 0.3 is 0 Å². The summed E-state index contributed by atoms with van der Waals surface area (Å²) in [5.74, 6) is 0.650. The zero-order valence-corrected chi connectivity index (χ0v) is 19.4. The van der Waals surface area contributed by atoms with Crippen molar-refractivity contribution in [2.75, 3.05) is 31.9 Å². The van der Waals surface area contributed by atoms with E-state index in [4.69, 9.17) is 4.98 Å². The molecule has 2 aromatic carbocycles. The number of para-hydroxylation sites is 1. The van der Waals surface area contributed by atoms with Crippen LogP contribution in [0.2, 0.25) is 0 Å². The average molecular weight is 467 g/mol. The lowest BCUT2D eigenvalue weighted by Gasteiger charge is -2.34. The molecule has 1 fully saturated rings. The number of piperazine rings is 1. The molecule has 0 N–H and O–H groups in total. The van der Waals surface area contributed by atoms with Gasteiger partial charge in [0.05, 0.1) is 28.2 Å². The molecule has 31 heavy (non-hydrogen) atoms. The number of carbonyl (C=O) groups excluding carboxylic acids is 1. The Bertz CT molecular complexity index is 1130. The fourth-order valence-electron chi connectivity index (χ4n) is 3.60. The minimum Gasteiger partial charge on any atom is -0.339 e. The van der Waals surface area contributed by atoms with Crippen LogP contribution < -0.4 is 0 Å². The molecular formula is C23H22N4OS3. The minimum absolute atomic E-state index is 0.199. The molecule has 0 aliphatic carbocycles. The maximum atomic E-state index is 12.7. The first kappa shape index (κ1) is 20.6. The van der Waals surface area contributed by atoms with E-state index in [1.807, 2.05) is 41.3 Å². The quantitative estimate of drug-likeness (QED) is 0.380. The summed E-state index contributed by atoms with van der Waals surface area (Å²) in [5, 5.41) is 3.26. The van der Waals surface area contributed by atoms with Crippen LogP contribution in [0.15, 0.2) is 64.3 Å². The second kappa shape index (κ2) is 9.48. The molecule has 0 spiro atoms. The smallest absolute Gasteiger partial charge is 0.233 e. The number of hydrogen-bond donors (Lipinski definition) is 0. The van der Waals surface area contributed by atoms with E-state index in [1.165, 1.54) is 4.70 Å². The van der Waals surface area contributed by atoms with E-state index >= 15 is 0 Å². The number of thioether (sulfide) groups is 1. The fourth-order valence-corrected chi connectivity index (χ4v) is 6.42. The highest BCUT2D eigenvalue weighted by Crippen LogP contribution is 2.29. The molecule has 5 nitrogen and oxygen atoms in total. The lowest BCUT2D eigenvalue weighted by Crippen LogP contribution is -2.48. The molecule has 0 atom stereocenters. The van der Waals surface area contributed by atoms with Gasteiger partial charge in [-0.25, -0.2) is 9.97 Å². The van der Waals surface area contributed by atoms with E-state index in [0.29, 0.717) is 5.75 Å². The van der Waals surface area contributed by atoms with Gasteiger partial charge in [0.2, 0.25) is 5.91 Å². The van der Waals surface area contributed by atoms with Crippen molar-refractivity contribution in [3.8, 4) is 11.3 Å². The van der Waals surface area contributed by atoms with E-state index < -0.39 is 0 Å². The number of amides is 1. The normalized spacial score (nSPS) is 14.9. The number of aromatic nitrogens is 2. The third-order valence-corrected chi connectivity index (χ3v) is 8.30. The Labute approximate surface area is 193 Å². The van der Waals surface area contributed by atoms with Crippen LogP contribution in [0.5, 0.6) is 0 Å². The highest BCUT2D eigenvalue weighted by molar-refractivity contribution is 8.01. The highest BCUT2D eigenvalue weighted by atomic mass is 32.2. The van der Waals surface area contributed by atoms with Crippen LogP contribution in [0, 0.1) is 0 Å². The van der Waals surface area contributed by atoms with Gasteiger partial charge in [0.15, 0.2) is 4.34 Å². The van der Waals surface area contributed by atoms with Gasteiger partial charge in [0.25, 0.3) is 0 Å². The summed E-state index contributed by atoms with van der Waals surface area (Å²) in [5.41, 5.74) is 3.21. The van der Waals surface area contributed by atoms with E-state index in [0.717, 1.165) is 58.8 Å². The van der Waals surface area contributed by atoms with Crippen molar-refractivity contribution in [3.05, 3.63) is 65.0 Å². The Kier molecular flexibility index (Phi) is 6.31. The molecule has 4 aromatic rings. The average Bonchev–Trinajstić information content (AvgIpc) is 3.45. The summed E-state index contributed by atoms with van der Waals surface area (Å²) in [6.45, 7) is 4.17. The first-order valence-corrected chi connectivity index (χ1v) is 12.9. The molecule has 5 rings (SSSR count). The first-order chi connectivity index (χ1) is 15.2. The lowest BCUT2D eigenvalue weighted by atomic mass is 10.2. The van der Waals surface area contributed by atoms with E-state index in [-0.39, 0.29) is 5.91 Å². The van der Waals surface area contributed by atoms with Crippen LogP contribution in [-0.4, -0.2) is 57.6 Å². The van der Waals surface area contributed by atoms with Gasteiger partial charge in [-0.15, -0.1) is 22.7 Å². The summed E-state index contributed by atoms with van der Waals surface area (Å²) in [6.07, 6.45) is 0. The zero-order chi connectivity index (χ0) is 21.0. The number of hydrogen-bond acceptors (Lipinski definition) is 7. The van der Waals surface area contributed by atoms with Crippen LogP contribution in [0.4, 0.5) is 0 Å². The molecule has 2 aromatic heterocycles. The highest BCUT2D eigenvalue weighted by Gasteiger charge is 2.22. The first-order valence-electron chi connectivity index (χ1n) is 10.2. The SMILES string of the molecule is O=C(CSc1nc2ccccc2s1)N1CCN(Cc2nc(-c3ccccc3)cs2)CC1. The molecule has 158 valence electrons. The molecular weight excluding hydrogens is 444 g/mol. The van der Waals surface area contributed by atoms with Crippen molar-refractivity contribution < 1.29 is 4.79 Å². The number of rotatable bonds is 6. The largest absolute Gasteiger partial charge is 0.339 e. The van der Waals surface area contributed by atoms with E-state index in [2.05, 4.69) is 33.5 Å². The van der Waals surface area contributed by atoms with Crippen molar-refractivity contribution in [1.82, 2.24) is 19.8 Å². The fraction of sp³-hybridized carbons (Fsp3) is 0.261. The Morgan fingerprint density at radius 1 is 0.968 bits per heavy atom. The second-order valence-corrected chi connectivity index (χ2v) is 10.6. The monoisotopic (exact) mass is 466 g/mol. The molecule has 1 saturated heterocycles. The van der Waals surface area contributed by atoms with Crippen LogP contribution in [0.3, 0.4) is 0 Å². The summed E-state index contributed by atoms with van der Waals surface area (Å²) >= 11 is 4.91.